The molecule has 0 saturated carbocycles. The third-order valence-corrected chi connectivity index (χ3v) is 4.53. The summed E-state index contributed by atoms with van der Waals surface area (Å²) in [7, 11) is 1.39. The van der Waals surface area contributed by atoms with Crippen LogP contribution in [0.2, 0.25) is 0 Å². The van der Waals surface area contributed by atoms with Crippen LogP contribution in [0.3, 0.4) is 0 Å². The van der Waals surface area contributed by atoms with Crippen molar-refractivity contribution in [2.24, 2.45) is 0 Å². The number of carbonyl (C=O) groups excluding carboxylic acids is 1. The molecule has 4 nitrogen and oxygen atoms in total. The Kier molecular flexibility index (Phi) is 5.56. The van der Waals surface area contributed by atoms with Crippen LogP contribution in [0.4, 0.5) is 10.8 Å². The highest BCUT2D eigenvalue weighted by Crippen LogP contribution is 2.30. The van der Waals surface area contributed by atoms with E-state index < -0.39 is 0 Å². The number of aromatic nitrogens is 1. The highest BCUT2D eigenvalue weighted by Gasteiger charge is 2.07. The normalized spacial score (nSPS) is 10.3. The number of hydrogen-bond acceptors (Lipinski definition) is 5. The highest BCUT2D eigenvalue weighted by atomic mass is 79.9. The van der Waals surface area contributed by atoms with Gasteiger partial charge in [0.15, 0.2) is 5.13 Å². The molecule has 0 aliphatic carbocycles. The van der Waals surface area contributed by atoms with Crippen LogP contribution in [0.1, 0.15) is 12.1 Å². The molecule has 1 aromatic carbocycles. The zero-order chi connectivity index (χ0) is 14.5. The van der Waals surface area contributed by atoms with Gasteiger partial charge in [-0.1, -0.05) is 15.9 Å². The van der Waals surface area contributed by atoms with E-state index in [1.54, 1.807) is 0 Å². The number of nitrogens with zero attached hydrogens (tertiary/aromatic N) is 1. The Morgan fingerprint density at radius 1 is 1.45 bits per heavy atom. The van der Waals surface area contributed by atoms with Gasteiger partial charge in [-0.2, -0.15) is 0 Å². The summed E-state index contributed by atoms with van der Waals surface area (Å²) in [5, 5.41) is 5.99. The van der Waals surface area contributed by atoms with Crippen molar-refractivity contribution in [2.45, 2.75) is 12.8 Å². The van der Waals surface area contributed by atoms with E-state index in [2.05, 4.69) is 46.9 Å². The molecule has 0 saturated heterocycles. The number of rotatable bonds is 5. The van der Waals surface area contributed by atoms with Crippen molar-refractivity contribution in [3.05, 3.63) is 38.2 Å². The second-order valence-electron chi connectivity index (χ2n) is 3.97. The SMILES string of the molecule is COC(=O)CCc1csc(Nc2cc(Br)ccc2Br)n1. The van der Waals surface area contributed by atoms with Crippen molar-refractivity contribution in [2.75, 3.05) is 12.4 Å². The van der Waals surface area contributed by atoms with Gasteiger partial charge in [-0.25, -0.2) is 4.98 Å². The number of thiazole rings is 1. The number of aryl methyl sites for hydroxylation is 1. The lowest BCUT2D eigenvalue weighted by atomic mass is 10.2. The van der Waals surface area contributed by atoms with Gasteiger partial charge in [0.1, 0.15) is 0 Å². The van der Waals surface area contributed by atoms with Crippen molar-refractivity contribution in [3.63, 3.8) is 0 Å². The standard InChI is InChI=1S/C13H12Br2N2O2S/c1-19-12(18)5-3-9-7-20-13(16-9)17-11-6-8(14)2-4-10(11)15/h2,4,6-7H,3,5H2,1H3,(H,16,17). The van der Waals surface area contributed by atoms with E-state index in [9.17, 15) is 4.79 Å². The number of ether oxygens (including phenoxy) is 1. The minimum absolute atomic E-state index is 0.220. The fraction of sp³-hybridized carbons (Fsp3) is 0.231. The Morgan fingerprint density at radius 2 is 2.25 bits per heavy atom. The van der Waals surface area contributed by atoms with Crippen molar-refractivity contribution in [1.82, 2.24) is 4.98 Å². The van der Waals surface area contributed by atoms with Gasteiger partial charge in [0, 0.05) is 20.7 Å². The molecular weight excluding hydrogens is 408 g/mol. The predicted octanol–water partition coefficient (Wildman–Crippen LogP) is 4.52. The van der Waals surface area contributed by atoms with Crippen LogP contribution in [0.25, 0.3) is 0 Å². The monoisotopic (exact) mass is 418 g/mol. The maximum Gasteiger partial charge on any atom is 0.305 e. The van der Waals surface area contributed by atoms with Gasteiger partial charge >= 0.3 is 5.97 Å². The number of esters is 1. The third kappa shape index (κ3) is 4.29. The summed E-state index contributed by atoms with van der Waals surface area (Å²) >= 11 is 8.43. The largest absolute Gasteiger partial charge is 0.469 e. The first kappa shape index (κ1) is 15.5. The van der Waals surface area contributed by atoms with Crippen LogP contribution in [0.15, 0.2) is 32.5 Å². The van der Waals surface area contributed by atoms with E-state index >= 15 is 0 Å². The van der Waals surface area contributed by atoms with E-state index in [0.717, 1.165) is 25.5 Å². The van der Waals surface area contributed by atoms with E-state index in [1.165, 1.54) is 18.4 Å². The first-order valence-corrected chi connectivity index (χ1v) is 8.28. The van der Waals surface area contributed by atoms with Crippen LogP contribution >= 0.6 is 43.2 Å². The predicted molar refractivity (Wildman–Crippen MR) is 87.6 cm³/mol. The molecular formula is C13H12Br2N2O2S. The molecule has 7 heteroatoms. The molecule has 0 bridgehead atoms. The minimum Gasteiger partial charge on any atom is -0.469 e. The zero-order valence-electron chi connectivity index (χ0n) is 10.7. The molecule has 106 valence electrons. The van der Waals surface area contributed by atoms with E-state index in [-0.39, 0.29) is 5.97 Å². The number of methoxy groups -OCH3 is 1. The molecule has 1 aromatic heterocycles. The van der Waals surface area contributed by atoms with Crippen molar-refractivity contribution in [3.8, 4) is 0 Å². The fourth-order valence-corrected chi connectivity index (χ4v) is 2.98. The molecule has 2 rings (SSSR count). The summed E-state index contributed by atoms with van der Waals surface area (Å²) in [5.74, 6) is -0.220. The average molecular weight is 420 g/mol. The molecule has 0 amide bonds. The third-order valence-electron chi connectivity index (χ3n) is 2.53. The lowest BCUT2D eigenvalue weighted by Gasteiger charge is -2.05. The summed E-state index contributed by atoms with van der Waals surface area (Å²) in [6.45, 7) is 0. The van der Waals surface area contributed by atoms with Crippen LogP contribution in [-0.2, 0) is 16.0 Å². The summed E-state index contributed by atoms with van der Waals surface area (Å²) in [6, 6.07) is 5.89. The highest BCUT2D eigenvalue weighted by molar-refractivity contribution is 9.11. The molecule has 0 radical (unpaired) electrons. The van der Waals surface area contributed by atoms with Crippen LogP contribution in [-0.4, -0.2) is 18.1 Å². The molecule has 0 aliphatic heterocycles. The summed E-state index contributed by atoms with van der Waals surface area (Å²) in [5.41, 5.74) is 1.82. The second kappa shape index (κ2) is 7.19. The fourth-order valence-electron chi connectivity index (χ4n) is 1.52. The Labute approximate surface area is 137 Å². The number of halogens is 2. The molecule has 1 N–H and O–H groups in total. The van der Waals surface area contributed by atoms with E-state index in [1.807, 2.05) is 23.6 Å². The number of carbonyl (C=O) groups is 1. The molecule has 20 heavy (non-hydrogen) atoms. The number of nitrogens with one attached hydrogen (secondary N) is 1. The topological polar surface area (TPSA) is 51.2 Å². The summed E-state index contributed by atoms with van der Waals surface area (Å²) < 4.78 is 6.57. The Hall–Kier alpha value is -0.920. The minimum atomic E-state index is -0.220. The molecule has 0 unspecified atom stereocenters. The number of hydrogen-bond donors (Lipinski definition) is 1. The molecule has 1 heterocycles. The van der Waals surface area contributed by atoms with Crippen molar-refractivity contribution < 1.29 is 9.53 Å². The summed E-state index contributed by atoms with van der Waals surface area (Å²) in [6.07, 6.45) is 0.935. The van der Waals surface area contributed by atoms with Crippen LogP contribution in [0.5, 0.6) is 0 Å². The van der Waals surface area contributed by atoms with Crippen LogP contribution < -0.4 is 5.32 Å². The van der Waals surface area contributed by atoms with Crippen molar-refractivity contribution in [1.29, 1.82) is 0 Å². The molecule has 0 fully saturated rings. The van der Waals surface area contributed by atoms with Crippen molar-refractivity contribution >= 4 is 60.0 Å². The van der Waals surface area contributed by atoms with Gasteiger partial charge in [0.05, 0.1) is 24.9 Å². The first-order valence-electron chi connectivity index (χ1n) is 5.82. The first-order chi connectivity index (χ1) is 9.58. The Bertz CT molecular complexity index is 616. The average Bonchev–Trinajstić information content (AvgIpc) is 2.88. The van der Waals surface area contributed by atoms with Gasteiger partial charge in [-0.3, -0.25) is 4.79 Å². The molecule has 0 atom stereocenters. The van der Waals surface area contributed by atoms with E-state index in [0.29, 0.717) is 12.8 Å². The maximum absolute atomic E-state index is 11.1. The van der Waals surface area contributed by atoms with E-state index in [4.69, 9.17) is 0 Å². The lowest BCUT2D eigenvalue weighted by molar-refractivity contribution is -0.140. The molecule has 2 aromatic rings. The van der Waals surface area contributed by atoms with Gasteiger partial charge in [0.25, 0.3) is 0 Å². The molecule has 0 aliphatic rings. The van der Waals surface area contributed by atoms with Gasteiger partial charge in [-0.05, 0) is 34.1 Å². The zero-order valence-corrected chi connectivity index (χ0v) is 14.6. The Balaban J connectivity index is 2.02. The second-order valence-corrected chi connectivity index (χ2v) is 6.60. The Morgan fingerprint density at radius 3 is 3.00 bits per heavy atom. The number of benzene rings is 1. The maximum atomic E-state index is 11.1. The lowest BCUT2D eigenvalue weighted by Crippen LogP contribution is -2.02. The number of anilines is 2. The van der Waals surface area contributed by atoms with Crippen LogP contribution in [0, 0.1) is 0 Å². The van der Waals surface area contributed by atoms with Gasteiger partial charge < -0.3 is 10.1 Å². The molecule has 0 spiro atoms. The smallest absolute Gasteiger partial charge is 0.305 e. The van der Waals surface area contributed by atoms with Gasteiger partial charge in [0.2, 0.25) is 0 Å². The summed E-state index contributed by atoms with van der Waals surface area (Å²) in [4.78, 5) is 15.5. The van der Waals surface area contributed by atoms with Gasteiger partial charge in [-0.15, -0.1) is 11.3 Å². The quantitative estimate of drug-likeness (QED) is 0.724.